The second-order valence-electron chi connectivity index (χ2n) is 4.25. The topological polar surface area (TPSA) is 12.0 Å². The van der Waals surface area contributed by atoms with Crippen molar-refractivity contribution in [3.05, 3.63) is 58.0 Å². The largest absolute Gasteiger partial charge is 0.310 e. The number of hydrogen-bond donors (Lipinski definition) is 1. The SMILES string of the molecule is CC(Cc1ccsc1)NCc1cccc(F)c1. The highest BCUT2D eigenvalue weighted by Crippen LogP contribution is 2.09. The van der Waals surface area contributed by atoms with Crippen LogP contribution in [0.4, 0.5) is 4.39 Å². The van der Waals surface area contributed by atoms with E-state index >= 15 is 0 Å². The molecule has 0 aliphatic heterocycles. The smallest absolute Gasteiger partial charge is 0.123 e. The van der Waals surface area contributed by atoms with Crippen LogP contribution in [0.1, 0.15) is 18.1 Å². The fourth-order valence-electron chi connectivity index (χ4n) is 1.77. The Labute approximate surface area is 105 Å². The van der Waals surface area contributed by atoms with E-state index in [-0.39, 0.29) is 5.82 Å². The molecule has 0 aliphatic rings. The molecule has 0 saturated heterocycles. The van der Waals surface area contributed by atoms with E-state index in [0.29, 0.717) is 12.6 Å². The van der Waals surface area contributed by atoms with Gasteiger partial charge < -0.3 is 5.32 Å². The first-order valence-electron chi connectivity index (χ1n) is 5.73. The molecule has 0 aliphatic carbocycles. The predicted octanol–water partition coefficient (Wildman–Crippen LogP) is 3.61. The molecule has 0 amide bonds. The van der Waals surface area contributed by atoms with Gasteiger partial charge >= 0.3 is 0 Å². The number of nitrogens with one attached hydrogen (secondary N) is 1. The zero-order valence-corrected chi connectivity index (χ0v) is 10.6. The maximum absolute atomic E-state index is 13.0. The van der Waals surface area contributed by atoms with Gasteiger partial charge in [0.1, 0.15) is 5.82 Å². The molecule has 1 unspecified atom stereocenters. The van der Waals surface area contributed by atoms with E-state index in [1.54, 1.807) is 23.5 Å². The minimum Gasteiger partial charge on any atom is -0.310 e. The lowest BCUT2D eigenvalue weighted by molar-refractivity contribution is 0.543. The van der Waals surface area contributed by atoms with Crippen LogP contribution in [-0.4, -0.2) is 6.04 Å². The number of hydrogen-bond acceptors (Lipinski definition) is 2. The van der Waals surface area contributed by atoms with Crippen LogP contribution >= 0.6 is 11.3 Å². The highest BCUT2D eigenvalue weighted by atomic mass is 32.1. The summed E-state index contributed by atoms with van der Waals surface area (Å²) in [6, 6.07) is 9.27. The van der Waals surface area contributed by atoms with Crippen molar-refractivity contribution in [1.82, 2.24) is 5.32 Å². The van der Waals surface area contributed by atoms with Crippen molar-refractivity contribution in [2.75, 3.05) is 0 Å². The van der Waals surface area contributed by atoms with E-state index in [0.717, 1.165) is 12.0 Å². The van der Waals surface area contributed by atoms with Crippen LogP contribution in [0.3, 0.4) is 0 Å². The van der Waals surface area contributed by atoms with Crippen LogP contribution in [0.5, 0.6) is 0 Å². The first kappa shape index (κ1) is 12.3. The van der Waals surface area contributed by atoms with E-state index in [4.69, 9.17) is 0 Å². The number of rotatable bonds is 5. The lowest BCUT2D eigenvalue weighted by Crippen LogP contribution is -2.27. The third-order valence-electron chi connectivity index (χ3n) is 2.67. The van der Waals surface area contributed by atoms with Gasteiger partial charge in [-0.3, -0.25) is 0 Å². The van der Waals surface area contributed by atoms with Gasteiger partial charge in [-0.15, -0.1) is 0 Å². The monoisotopic (exact) mass is 249 g/mol. The molecule has 0 bridgehead atoms. The molecule has 17 heavy (non-hydrogen) atoms. The zero-order valence-electron chi connectivity index (χ0n) is 9.82. The van der Waals surface area contributed by atoms with Crippen molar-refractivity contribution < 1.29 is 4.39 Å². The van der Waals surface area contributed by atoms with Crippen molar-refractivity contribution in [2.45, 2.75) is 25.9 Å². The summed E-state index contributed by atoms with van der Waals surface area (Å²) in [6.07, 6.45) is 1.01. The van der Waals surface area contributed by atoms with E-state index in [1.807, 2.05) is 6.07 Å². The van der Waals surface area contributed by atoms with Crippen LogP contribution < -0.4 is 5.32 Å². The number of halogens is 1. The molecule has 3 heteroatoms. The van der Waals surface area contributed by atoms with Crippen LogP contribution in [-0.2, 0) is 13.0 Å². The van der Waals surface area contributed by atoms with Crippen molar-refractivity contribution in [3.8, 4) is 0 Å². The second kappa shape index (κ2) is 5.94. The molecule has 90 valence electrons. The van der Waals surface area contributed by atoms with Crippen LogP contribution in [0.15, 0.2) is 41.1 Å². The van der Waals surface area contributed by atoms with Gasteiger partial charge in [-0.25, -0.2) is 4.39 Å². The molecule has 2 rings (SSSR count). The lowest BCUT2D eigenvalue weighted by atomic mass is 10.1. The summed E-state index contributed by atoms with van der Waals surface area (Å²) in [5.41, 5.74) is 2.34. The Bertz CT molecular complexity index is 453. The summed E-state index contributed by atoms with van der Waals surface area (Å²) in [7, 11) is 0. The summed E-state index contributed by atoms with van der Waals surface area (Å²) < 4.78 is 13.0. The molecule has 1 N–H and O–H groups in total. The third kappa shape index (κ3) is 3.95. The lowest BCUT2D eigenvalue weighted by Gasteiger charge is -2.13. The Kier molecular flexibility index (Phi) is 4.29. The fraction of sp³-hybridized carbons (Fsp3) is 0.286. The normalized spacial score (nSPS) is 12.6. The molecule has 2 aromatic rings. The summed E-state index contributed by atoms with van der Waals surface area (Å²) in [4.78, 5) is 0. The molecule has 0 spiro atoms. The third-order valence-corrected chi connectivity index (χ3v) is 3.40. The van der Waals surface area contributed by atoms with Crippen LogP contribution in [0, 0.1) is 5.82 Å². The summed E-state index contributed by atoms with van der Waals surface area (Å²) in [6.45, 7) is 2.86. The number of thiophene rings is 1. The van der Waals surface area contributed by atoms with Gasteiger partial charge in [-0.1, -0.05) is 12.1 Å². The quantitative estimate of drug-likeness (QED) is 0.853. The van der Waals surface area contributed by atoms with Gasteiger partial charge in [0, 0.05) is 12.6 Å². The molecule has 0 fully saturated rings. The molecule has 1 aromatic heterocycles. The van der Waals surface area contributed by atoms with Gasteiger partial charge in [-0.05, 0) is 53.4 Å². The van der Waals surface area contributed by atoms with E-state index in [9.17, 15) is 4.39 Å². The van der Waals surface area contributed by atoms with Gasteiger partial charge in [-0.2, -0.15) is 11.3 Å². The molecule has 1 nitrogen and oxygen atoms in total. The summed E-state index contributed by atoms with van der Waals surface area (Å²) in [5, 5.41) is 7.66. The van der Waals surface area contributed by atoms with Crippen molar-refractivity contribution in [3.63, 3.8) is 0 Å². The highest BCUT2D eigenvalue weighted by molar-refractivity contribution is 7.07. The van der Waals surface area contributed by atoms with Crippen molar-refractivity contribution in [1.29, 1.82) is 0 Å². The highest BCUT2D eigenvalue weighted by Gasteiger charge is 2.03. The van der Waals surface area contributed by atoms with Crippen LogP contribution in [0.25, 0.3) is 0 Å². The Morgan fingerprint density at radius 1 is 1.29 bits per heavy atom. The van der Waals surface area contributed by atoms with Gasteiger partial charge in [0.05, 0.1) is 0 Å². The molecular weight excluding hydrogens is 233 g/mol. The fourth-order valence-corrected chi connectivity index (χ4v) is 2.46. The number of benzene rings is 1. The summed E-state index contributed by atoms with van der Waals surface area (Å²) >= 11 is 1.72. The van der Waals surface area contributed by atoms with E-state index in [2.05, 4.69) is 29.1 Å². The van der Waals surface area contributed by atoms with E-state index < -0.39 is 0 Å². The van der Waals surface area contributed by atoms with Crippen molar-refractivity contribution in [2.24, 2.45) is 0 Å². The second-order valence-corrected chi connectivity index (χ2v) is 5.03. The maximum Gasteiger partial charge on any atom is 0.123 e. The van der Waals surface area contributed by atoms with E-state index in [1.165, 1.54) is 11.6 Å². The van der Waals surface area contributed by atoms with Crippen molar-refractivity contribution >= 4 is 11.3 Å². The molecule has 1 atom stereocenters. The minimum atomic E-state index is -0.171. The average molecular weight is 249 g/mol. The first-order chi connectivity index (χ1) is 8.24. The molecule has 0 radical (unpaired) electrons. The van der Waals surface area contributed by atoms with Gasteiger partial charge in [0.25, 0.3) is 0 Å². The van der Waals surface area contributed by atoms with Gasteiger partial charge in [0.2, 0.25) is 0 Å². The first-order valence-corrected chi connectivity index (χ1v) is 6.67. The Morgan fingerprint density at radius 3 is 2.88 bits per heavy atom. The Balaban J connectivity index is 1.82. The molecular formula is C14H16FNS. The molecule has 0 saturated carbocycles. The standard InChI is InChI=1S/C14H16FNS/c1-11(7-13-5-6-17-10-13)16-9-12-3-2-4-14(15)8-12/h2-6,8,10-11,16H,7,9H2,1H3. The van der Waals surface area contributed by atoms with Gasteiger partial charge in [0.15, 0.2) is 0 Å². The Hall–Kier alpha value is -1.19. The van der Waals surface area contributed by atoms with Crippen LogP contribution in [0.2, 0.25) is 0 Å². The summed E-state index contributed by atoms with van der Waals surface area (Å²) in [5.74, 6) is -0.171. The molecule has 1 heterocycles. The molecule has 1 aromatic carbocycles. The minimum absolute atomic E-state index is 0.171. The Morgan fingerprint density at radius 2 is 2.18 bits per heavy atom. The average Bonchev–Trinajstić information content (AvgIpc) is 2.79. The predicted molar refractivity (Wildman–Crippen MR) is 70.7 cm³/mol. The zero-order chi connectivity index (χ0) is 12.1. The maximum atomic E-state index is 13.0.